The summed E-state index contributed by atoms with van der Waals surface area (Å²) in [6, 6.07) is -0.898. The van der Waals surface area contributed by atoms with Gasteiger partial charge in [-0.2, -0.15) is 13.2 Å². The molecule has 0 radical (unpaired) electrons. The Morgan fingerprint density at radius 3 is 2.67 bits per heavy atom. The topological polar surface area (TPSA) is 117 Å². The van der Waals surface area contributed by atoms with E-state index in [4.69, 9.17) is 4.74 Å². The molecule has 0 saturated carbocycles. The van der Waals surface area contributed by atoms with Crippen LogP contribution >= 0.6 is 11.3 Å². The van der Waals surface area contributed by atoms with Crippen molar-refractivity contribution in [3.8, 4) is 10.4 Å². The molecule has 2 aromatic rings. The van der Waals surface area contributed by atoms with Crippen molar-refractivity contribution >= 4 is 29.0 Å². The van der Waals surface area contributed by atoms with E-state index in [2.05, 4.69) is 20.6 Å². The summed E-state index contributed by atoms with van der Waals surface area (Å²) in [6.45, 7) is 5.48. The molecule has 36 heavy (non-hydrogen) atoms. The molecule has 13 heteroatoms. The minimum absolute atomic E-state index is 0.0183. The number of nitrogens with one attached hydrogen (secondary N) is 2. The van der Waals surface area contributed by atoms with Gasteiger partial charge >= 0.3 is 6.18 Å². The molecule has 0 spiro atoms. The van der Waals surface area contributed by atoms with Crippen LogP contribution in [-0.4, -0.2) is 82.0 Å². The molecule has 2 fully saturated rings. The molecule has 0 aromatic carbocycles. The lowest BCUT2D eigenvalue weighted by molar-refractivity contribution is -0.138. The highest BCUT2D eigenvalue weighted by molar-refractivity contribution is 7.17. The first-order valence-electron chi connectivity index (χ1n) is 11.6. The van der Waals surface area contributed by atoms with Crippen molar-refractivity contribution in [3.63, 3.8) is 0 Å². The highest BCUT2D eigenvalue weighted by Crippen LogP contribution is 2.35. The zero-order valence-corrected chi connectivity index (χ0v) is 20.9. The summed E-state index contributed by atoms with van der Waals surface area (Å²) in [5, 5.41) is 15.0. The lowest BCUT2D eigenvalue weighted by atomic mass is 10.1. The highest BCUT2D eigenvalue weighted by atomic mass is 32.1. The highest BCUT2D eigenvalue weighted by Gasteiger charge is 2.37. The van der Waals surface area contributed by atoms with Crippen LogP contribution in [-0.2, 0) is 4.74 Å². The maximum Gasteiger partial charge on any atom is 0.408 e. The second-order valence-corrected chi connectivity index (χ2v) is 10.2. The van der Waals surface area contributed by atoms with Gasteiger partial charge in [-0.3, -0.25) is 9.59 Å². The number of pyridine rings is 1. The van der Waals surface area contributed by atoms with Gasteiger partial charge in [-0.05, 0) is 45.2 Å². The van der Waals surface area contributed by atoms with Crippen molar-refractivity contribution < 1.29 is 32.6 Å². The fraction of sp³-hybridized carbons (Fsp3) is 0.565. The first-order chi connectivity index (χ1) is 17.0. The molecule has 9 nitrogen and oxygen atoms in total. The monoisotopic (exact) mass is 527 g/mol. The van der Waals surface area contributed by atoms with Crippen molar-refractivity contribution in [1.29, 1.82) is 0 Å². The van der Waals surface area contributed by atoms with E-state index >= 15 is 0 Å². The molecule has 2 saturated heterocycles. The van der Waals surface area contributed by atoms with Crippen LogP contribution in [0.4, 0.5) is 19.0 Å². The molecule has 2 aliphatic heterocycles. The van der Waals surface area contributed by atoms with Crippen LogP contribution in [0.2, 0.25) is 0 Å². The average Bonchev–Trinajstić information content (AvgIpc) is 3.53. The molecule has 4 rings (SSSR count). The number of thiazole rings is 1. The predicted octanol–water partition coefficient (Wildman–Crippen LogP) is 2.99. The predicted molar refractivity (Wildman–Crippen MR) is 127 cm³/mol. The van der Waals surface area contributed by atoms with Gasteiger partial charge in [0.25, 0.3) is 11.8 Å². The van der Waals surface area contributed by atoms with E-state index in [0.29, 0.717) is 22.5 Å². The Kier molecular flexibility index (Phi) is 7.53. The number of anilines is 1. The maximum atomic E-state index is 13.4. The number of amides is 2. The number of nitrogens with zero attached hydrogens (tertiary/aromatic N) is 3. The number of likely N-dealkylation sites (tertiary alicyclic amines) is 1. The normalized spacial score (nSPS) is 23.1. The molecule has 0 unspecified atom stereocenters. The Morgan fingerprint density at radius 1 is 1.33 bits per heavy atom. The maximum absolute atomic E-state index is 13.4. The van der Waals surface area contributed by atoms with Crippen LogP contribution in [0.15, 0.2) is 12.3 Å². The minimum atomic E-state index is -4.43. The number of aryl methyl sites for hydroxylation is 1. The number of rotatable bonds is 6. The zero-order valence-electron chi connectivity index (χ0n) is 20.1. The van der Waals surface area contributed by atoms with Gasteiger partial charge in [0.2, 0.25) is 0 Å². The fourth-order valence-electron chi connectivity index (χ4n) is 4.20. The van der Waals surface area contributed by atoms with Crippen molar-refractivity contribution in [3.05, 3.63) is 28.5 Å². The van der Waals surface area contributed by atoms with Crippen molar-refractivity contribution in [1.82, 2.24) is 20.2 Å². The molecule has 4 heterocycles. The molecule has 3 N–H and O–H groups in total. The van der Waals surface area contributed by atoms with E-state index in [1.54, 1.807) is 11.8 Å². The summed E-state index contributed by atoms with van der Waals surface area (Å²) >= 11 is 0.998. The average molecular weight is 528 g/mol. The number of aliphatic hydroxyl groups excluding tert-OH is 1. The van der Waals surface area contributed by atoms with Crippen molar-refractivity contribution in [2.45, 2.75) is 64.0 Å². The number of halogens is 3. The Morgan fingerprint density at radius 2 is 2.08 bits per heavy atom. The Bertz CT molecular complexity index is 1140. The number of carbonyl (C=O) groups is 2. The first-order valence-corrected chi connectivity index (χ1v) is 12.5. The van der Waals surface area contributed by atoms with Crippen molar-refractivity contribution in [2.24, 2.45) is 0 Å². The first kappa shape index (κ1) is 26.3. The van der Waals surface area contributed by atoms with E-state index in [1.165, 1.54) is 12.3 Å². The van der Waals surface area contributed by atoms with Crippen LogP contribution in [0.3, 0.4) is 0 Å². The van der Waals surface area contributed by atoms with Gasteiger partial charge in [-0.1, -0.05) is 0 Å². The minimum Gasteiger partial charge on any atom is -0.388 e. The third-order valence-corrected chi connectivity index (χ3v) is 7.50. The quantitative estimate of drug-likeness (QED) is 0.529. The van der Waals surface area contributed by atoms with Gasteiger partial charge < -0.3 is 25.4 Å². The Balaban J connectivity index is 1.67. The number of carbonyl (C=O) groups excluding carboxylic acids is 2. The van der Waals surface area contributed by atoms with E-state index in [9.17, 15) is 27.9 Å². The van der Waals surface area contributed by atoms with E-state index < -0.39 is 30.3 Å². The summed E-state index contributed by atoms with van der Waals surface area (Å²) in [5.41, 5.74) is 1.16. The molecule has 4 atom stereocenters. The van der Waals surface area contributed by atoms with Gasteiger partial charge in [0.05, 0.1) is 30.2 Å². The van der Waals surface area contributed by atoms with E-state index in [0.717, 1.165) is 31.1 Å². The van der Waals surface area contributed by atoms with Crippen LogP contribution in [0.5, 0.6) is 0 Å². The number of alkyl halides is 3. The third kappa shape index (κ3) is 5.47. The van der Waals surface area contributed by atoms with E-state index in [-0.39, 0.29) is 41.7 Å². The lowest BCUT2D eigenvalue weighted by Gasteiger charge is -2.21. The van der Waals surface area contributed by atoms with Gasteiger partial charge in [-0.15, -0.1) is 11.3 Å². The lowest BCUT2D eigenvalue weighted by Crippen LogP contribution is -2.42. The van der Waals surface area contributed by atoms with Crippen LogP contribution in [0.25, 0.3) is 10.4 Å². The number of aromatic nitrogens is 2. The molecule has 2 amide bonds. The van der Waals surface area contributed by atoms with Gasteiger partial charge in [0.15, 0.2) is 5.01 Å². The number of hydrogen-bond donors (Lipinski definition) is 3. The molecule has 196 valence electrons. The summed E-state index contributed by atoms with van der Waals surface area (Å²) in [4.78, 5) is 37.0. The number of ether oxygens (including phenoxy) is 1. The third-order valence-electron chi connectivity index (χ3n) is 6.42. The standard InChI is InChI=1S/C23H28F3N5O4S/c1-11-7-17(28-13(3)23(24,25)26)27-8-14(11)19-18(22(34)31-6-4-5-12(31)2)30-21(36-19)20(33)29-15-9-35-10-16(15)32/h7-8,12-13,15-16,32H,4-6,9-10H2,1-3H3,(H,27,28)(H,29,33)/t12-,13-,15-,16+/m0/s1. The van der Waals surface area contributed by atoms with Crippen LogP contribution < -0.4 is 10.6 Å². The largest absolute Gasteiger partial charge is 0.408 e. The molecule has 0 aliphatic carbocycles. The zero-order chi connectivity index (χ0) is 26.2. The second kappa shape index (κ2) is 10.3. The summed E-state index contributed by atoms with van der Waals surface area (Å²) in [7, 11) is 0. The Hall–Kier alpha value is -2.77. The Labute approximate surface area is 210 Å². The molecule has 2 aromatic heterocycles. The summed E-state index contributed by atoms with van der Waals surface area (Å²) in [5.74, 6) is -0.825. The number of aliphatic hydroxyl groups is 1. The van der Waals surface area contributed by atoms with Crippen LogP contribution in [0.1, 0.15) is 52.5 Å². The van der Waals surface area contributed by atoms with Crippen LogP contribution in [0, 0.1) is 6.92 Å². The van der Waals surface area contributed by atoms with Gasteiger partial charge in [0, 0.05) is 24.3 Å². The van der Waals surface area contributed by atoms with Gasteiger partial charge in [0.1, 0.15) is 17.6 Å². The van der Waals surface area contributed by atoms with E-state index in [1.807, 2.05) is 6.92 Å². The SMILES string of the molecule is Cc1cc(N[C@@H](C)C(F)(F)F)ncc1-c1sc(C(=O)N[C@H]2COC[C@H]2O)nc1C(=O)N1CCC[C@@H]1C. The molecular weight excluding hydrogens is 499 g/mol. The second-order valence-electron chi connectivity index (χ2n) is 9.16. The van der Waals surface area contributed by atoms with Gasteiger partial charge in [-0.25, -0.2) is 9.97 Å². The number of hydrogen-bond acceptors (Lipinski definition) is 8. The fourth-order valence-corrected chi connectivity index (χ4v) is 5.24. The molecular formula is C23H28F3N5O4S. The summed E-state index contributed by atoms with van der Waals surface area (Å²) < 4.78 is 44.0. The molecule has 2 aliphatic rings. The smallest absolute Gasteiger partial charge is 0.388 e. The molecule has 0 bridgehead atoms. The van der Waals surface area contributed by atoms with Crippen molar-refractivity contribution in [2.75, 3.05) is 25.1 Å². The summed E-state index contributed by atoms with van der Waals surface area (Å²) in [6.07, 6.45) is -2.17.